The van der Waals surface area contributed by atoms with E-state index < -0.39 is 47.9 Å². The van der Waals surface area contributed by atoms with Crippen molar-refractivity contribution < 1.29 is 24.3 Å². The van der Waals surface area contributed by atoms with Gasteiger partial charge in [0, 0.05) is 0 Å². The Balaban J connectivity index is 2.96. The molecule has 0 bridgehead atoms. The highest BCUT2D eigenvalue weighted by Gasteiger charge is 2.32. The quantitative estimate of drug-likeness (QED) is 0.268. The van der Waals surface area contributed by atoms with E-state index in [-0.39, 0.29) is 17.8 Å². The number of carbonyl (C=O) groups is 4. The molecule has 9 nitrogen and oxygen atoms in total. The Morgan fingerprint density at radius 1 is 0.771 bits per heavy atom. The molecule has 0 fully saturated rings. The molecule has 0 aliphatic carbocycles. The molecule has 1 rings (SSSR count). The fraction of sp³-hybridized carbons (Fsp3) is 0.615. The van der Waals surface area contributed by atoms with Gasteiger partial charge in [-0.3, -0.25) is 14.4 Å². The second kappa shape index (κ2) is 14.5. The molecule has 0 saturated carbocycles. The first-order valence-electron chi connectivity index (χ1n) is 12.2. The van der Waals surface area contributed by atoms with Gasteiger partial charge in [-0.15, -0.1) is 0 Å². The predicted molar refractivity (Wildman–Crippen MR) is 135 cm³/mol. The van der Waals surface area contributed by atoms with E-state index >= 15 is 0 Å². The molecular weight excluding hydrogens is 448 g/mol. The number of hydrogen-bond donors (Lipinski definition) is 5. The molecule has 0 aliphatic heterocycles. The Morgan fingerprint density at radius 3 is 1.66 bits per heavy atom. The zero-order chi connectivity index (χ0) is 26.7. The smallest absolute Gasteiger partial charge is 0.326 e. The third kappa shape index (κ3) is 10.9. The Morgan fingerprint density at radius 2 is 1.23 bits per heavy atom. The molecule has 6 N–H and O–H groups in total. The third-order valence-corrected chi connectivity index (χ3v) is 5.55. The van der Waals surface area contributed by atoms with Crippen molar-refractivity contribution in [2.75, 3.05) is 0 Å². The molecule has 4 unspecified atom stereocenters. The number of carbonyl (C=O) groups excluding carboxylic acids is 3. The minimum absolute atomic E-state index is 0.0609. The summed E-state index contributed by atoms with van der Waals surface area (Å²) in [5.74, 6) is -2.84. The van der Waals surface area contributed by atoms with Crippen LogP contribution in [0, 0.1) is 17.8 Å². The van der Waals surface area contributed by atoms with Gasteiger partial charge in [-0.1, -0.05) is 71.9 Å². The monoisotopic (exact) mass is 490 g/mol. The second-order valence-electron chi connectivity index (χ2n) is 10.2. The normalized spacial score (nSPS) is 14.8. The first-order chi connectivity index (χ1) is 16.3. The Bertz CT molecular complexity index is 841. The molecule has 0 heterocycles. The first kappa shape index (κ1) is 30.1. The Kier molecular flexibility index (Phi) is 12.4. The maximum absolute atomic E-state index is 13.2. The molecule has 196 valence electrons. The van der Waals surface area contributed by atoms with Gasteiger partial charge in [-0.25, -0.2) is 4.79 Å². The Labute approximate surface area is 208 Å². The van der Waals surface area contributed by atoms with E-state index in [0.717, 1.165) is 5.56 Å². The summed E-state index contributed by atoms with van der Waals surface area (Å²) in [6.07, 6.45) is 1.00. The average molecular weight is 491 g/mol. The summed E-state index contributed by atoms with van der Waals surface area (Å²) in [5.41, 5.74) is 7.00. The topological polar surface area (TPSA) is 151 Å². The number of amides is 3. The SMILES string of the molecule is CC(C)CC(NC(=O)C(N)Cc1ccccc1)C(=O)NC(CC(C)C)C(=O)NC(C(=O)O)C(C)C. The molecule has 0 aromatic heterocycles. The fourth-order valence-corrected chi connectivity index (χ4v) is 3.69. The fourth-order valence-electron chi connectivity index (χ4n) is 3.69. The van der Waals surface area contributed by atoms with E-state index in [1.165, 1.54) is 0 Å². The van der Waals surface area contributed by atoms with Gasteiger partial charge in [-0.05, 0) is 42.6 Å². The van der Waals surface area contributed by atoms with Gasteiger partial charge in [0.25, 0.3) is 0 Å². The van der Waals surface area contributed by atoms with Crippen LogP contribution in [0.25, 0.3) is 0 Å². The van der Waals surface area contributed by atoms with Crippen molar-refractivity contribution in [3.63, 3.8) is 0 Å². The van der Waals surface area contributed by atoms with Gasteiger partial charge in [0.05, 0.1) is 6.04 Å². The molecule has 1 aromatic rings. The van der Waals surface area contributed by atoms with Crippen LogP contribution >= 0.6 is 0 Å². The van der Waals surface area contributed by atoms with Gasteiger partial charge in [0.15, 0.2) is 0 Å². The lowest BCUT2D eigenvalue weighted by Crippen LogP contribution is -2.58. The van der Waals surface area contributed by atoms with Crippen molar-refractivity contribution in [3.8, 4) is 0 Å². The highest BCUT2D eigenvalue weighted by Crippen LogP contribution is 2.11. The van der Waals surface area contributed by atoms with Crippen molar-refractivity contribution in [2.45, 2.75) is 85.0 Å². The summed E-state index contributed by atoms with van der Waals surface area (Å²) in [4.78, 5) is 50.4. The zero-order valence-corrected chi connectivity index (χ0v) is 21.7. The first-order valence-corrected chi connectivity index (χ1v) is 12.2. The van der Waals surface area contributed by atoms with Gasteiger partial charge in [0.1, 0.15) is 18.1 Å². The number of carboxylic acids is 1. The second-order valence-corrected chi connectivity index (χ2v) is 10.2. The van der Waals surface area contributed by atoms with E-state index in [1.54, 1.807) is 13.8 Å². The minimum Gasteiger partial charge on any atom is -0.480 e. The van der Waals surface area contributed by atoms with E-state index in [9.17, 15) is 24.3 Å². The number of nitrogens with two attached hydrogens (primary N) is 1. The molecule has 4 atom stereocenters. The molecule has 9 heteroatoms. The van der Waals surface area contributed by atoms with Crippen LogP contribution in [0.15, 0.2) is 30.3 Å². The largest absolute Gasteiger partial charge is 0.480 e. The number of hydrogen-bond acceptors (Lipinski definition) is 5. The summed E-state index contributed by atoms with van der Waals surface area (Å²) in [6, 6.07) is 5.63. The molecule has 35 heavy (non-hydrogen) atoms. The zero-order valence-electron chi connectivity index (χ0n) is 21.7. The van der Waals surface area contributed by atoms with Crippen molar-refractivity contribution in [2.24, 2.45) is 23.5 Å². The molecule has 3 amide bonds. The van der Waals surface area contributed by atoms with Crippen LogP contribution in [-0.4, -0.2) is 53.0 Å². The summed E-state index contributed by atoms with van der Waals surface area (Å²) in [6.45, 7) is 11.0. The van der Waals surface area contributed by atoms with Gasteiger partial charge in [-0.2, -0.15) is 0 Å². The number of benzene rings is 1. The van der Waals surface area contributed by atoms with Crippen LogP contribution < -0.4 is 21.7 Å². The van der Waals surface area contributed by atoms with Gasteiger partial charge < -0.3 is 26.8 Å². The lowest BCUT2D eigenvalue weighted by atomic mass is 9.98. The van der Waals surface area contributed by atoms with Crippen LogP contribution in [0.4, 0.5) is 0 Å². The molecule has 0 saturated heterocycles. The summed E-state index contributed by atoms with van der Waals surface area (Å²) in [7, 11) is 0. The number of carboxylic acid groups (broad SMARTS) is 1. The highest BCUT2D eigenvalue weighted by atomic mass is 16.4. The van der Waals surface area contributed by atoms with Crippen molar-refractivity contribution in [3.05, 3.63) is 35.9 Å². The van der Waals surface area contributed by atoms with E-state index in [4.69, 9.17) is 5.73 Å². The summed E-state index contributed by atoms with van der Waals surface area (Å²) >= 11 is 0. The Hall–Kier alpha value is -2.94. The standard InChI is InChI=1S/C26H42N4O5/c1-15(2)12-20(28-23(31)19(27)14-18-10-8-7-9-11-18)24(32)29-21(13-16(3)4)25(33)30-22(17(5)6)26(34)35/h7-11,15-17,19-22H,12-14,27H2,1-6H3,(H,28,31)(H,29,32)(H,30,33)(H,34,35). The molecule has 1 aromatic carbocycles. The van der Waals surface area contributed by atoms with Crippen LogP contribution in [0.5, 0.6) is 0 Å². The third-order valence-electron chi connectivity index (χ3n) is 5.55. The number of aliphatic carboxylic acids is 1. The lowest BCUT2D eigenvalue weighted by molar-refractivity contribution is -0.143. The average Bonchev–Trinajstić information content (AvgIpc) is 2.75. The van der Waals surface area contributed by atoms with Crippen molar-refractivity contribution in [1.29, 1.82) is 0 Å². The number of nitrogens with one attached hydrogen (secondary N) is 3. The molecule has 0 aliphatic rings. The highest BCUT2D eigenvalue weighted by molar-refractivity contribution is 5.94. The lowest BCUT2D eigenvalue weighted by Gasteiger charge is -2.27. The van der Waals surface area contributed by atoms with Crippen molar-refractivity contribution in [1.82, 2.24) is 16.0 Å². The predicted octanol–water partition coefficient (Wildman–Crippen LogP) is 1.84. The van der Waals surface area contributed by atoms with Crippen LogP contribution in [0.3, 0.4) is 0 Å². The van der Waals surface area contributed by atoms with E-state index in [2.05, 4.69) is 16.0 Å². The molecule has 0 radical (unpaired) electrons. The minimum atomic E-state index is -1.14. The maximum Gasteiger partial charge on any atom is 0.326 e. The maximum atomic E-state index is 13.2. The van der Waals surface area contributed by atoms with E-state index in [1.807, 2.05) is 58.0 Å². The molecular formula is C26H42N4O5. The van der Waals surface area contributed by atoms with E-state index in [0.29, 0.717) is 19.3 Å². The number of rotatable bonds is 14. The van der Waals surface area contributed by atoms with Gasteiger partial charge in [0.2, 0.25) is 17.7 Å². The van der Waals surface area contributed by atoms with Crippen LogP contribution in [0.2, 0.25) is 0 Å². The van der Waals surface area contributed by atoms with Gasteiger partial charge >= 0.3 is 5.97 Å². The van der Waals surface area contributed by atoms with Crippen LogP contribution in [0.1, 0.15) is 59.9 Å². The molecule has 0 spiro atoms. The van der Waals surface area contributed by atoms with Crippen LogP contribution in [-0.2, 0) is 25.6 Å². The summed E-state index contributed by atoms with van der Waals surface area (Å²) < 4.78 is 0. The van der Waals surface area contributed by atoms with Crippen molar-refractivity contribution >= 4 is 23.7 Å². The summed E-state index contributed by atoms with van der Waals surface area (Å²) in [5, 5.41) is 17.4.